The average Bonchev–Trinajstić information content (AvgIpc) is 3.28. The lowest BCUT2D eigenvalue weighted by Gasteiger charge is -2.29. The molecule has 2 aromatic heterocycles. The quantitative estimate of drug-likeness (QED) is 0.655. The smallest absolute Gasteiger partial charge is 0.252 e. The van der Waals surface area contributed by atoms with E-state index < -0.39 is 0 Å². The third-order valence-corrected chi connectivity index (χ3v) is 5.97. The number of aromatic nitrogens is 2. The van der Waals surface area contributed by atoms with Gasteiger partial charge in [-0.25, -0.2) is 0 Å². The lowest BCUT2D eigenvalue weighted by atomic mass is 10.0. The summed E-state index contributed by atoms with van der Waals surface area (Å²) in [5.41, 5.74) is 7.04. The zero-order valence-electron chi connectivity index (χ0n) is 18.0. The van der Waals surface area contributed by atoms with Crippen LogP contribution in [0.25, 0.3) is 5.57 Å². The van der Waals surface area contributed by atoms with Crippen molar-refractivity contribution in [3.63, 3.8) is 0 Å². The van der Waals surface area contributed by atoms with Gasteiger partial charge in [-0.3, -0.25) is 14.8 Å². The molecule has 1 fully saturated rings. The maximum atomic E-state index is 12.5. The van der Waals surface area contributed by atoms with Crippen molar-refractivity contribution in [2.75, 3.05) is 37.7 Å². The summed E-state index contributed by atoms with van der Waals surface area (Å²) in [5.74, 6) is -0.1000. The second kappa shape index (κ2) is 9.32. The number of hydrogen-bond acceptors (Lipinski definition) is 5. The summed E-state index contributed by atoms with van der Waals surface area (Å²) in [5, 5.41) is 2.98. The molecule has 3 aromatic rings. The van der Waals surface area contributed by atoms with E-state index in [4.69, 9.17) is 4.74 Å². The van der Waals surface area contributed by atoms with E-state index in [0.29, 0.717) is 12.1 Å². The first-order chi connectivity index (χ1) is 15.8. The number of anilines is 1. The van der Waals surface area contributed by atoms with Crippen LogP contribution < -0.4 is 10.2 Å². The average molecular weight is 427 g/mol. The van der Waals surface area contributed by atoms with Crippen molar-refractivity contribution < 1.29 is 9.53 Å². The lowest BCUT2D eigenvalue weighted by Crippen LogP contribution is -2.36. The molecule has 1 saturated heterocycles. The van der Waals surface area contributed by atoms with Gasteiger partial charge in [0.2, 0.25) is 0 Å². The Balaban J connectivity index is 1.25. The van der Waals surface area contributed by atoms with E-state index in [1.54, 1.807) is 6.20 Å². The minimum Gasteiger partial charge on any atom is -0.378 e. The monoisotopic (exact) mass is 426 g/mol. The number of fused-ring (bicyclic) bond motifs is 1. The number of hydrogen-bond donors (Lipinski definition) is 1. The van der Waals surface area contributed by atoms with Gasteiger partial charge >= 0.3 is 0 Å². The number of nitrogens with zero attached hydrogens (tertiary/aromatic N) is 3. The molecule has 0 radical (unpaired) electrons. The molecule has 162 valence electrons. The van der Waals surface area contributed by atoms with E-state index in [2.05, 4.69) is 44.5 Å². The highest BCUT2D eigenvalue weighted by Gasteiger charge is 2.21. The van der Waals surface area contributed by atoms with Gasteiger partial charge in [-0.2, -0.15) is 0 Å². The first-order valence-electron chi connectivity index (χ1n) is 11.1. The number of pyridine rings is 2. The molecule has 6 nitrogen and oxygen atoms in total. The van der Waals surface area contributed by atoms with Gasteiger partial charge in [0.05, 0.1) is 42.0 Å². The van der Waals surface area contributed by atoms with Crippen LogP contribution in [0.3, 0.4) is 0 Å². The molecule has 2 aliphatic rings. The second-order valence-electron chi connectivity index (χ2n) is 8.03. The second-order valence-corrected chi connectivity index (χ2v) is 8.03. The summed E-state index contributed by atoms with van der Waals surface area (Å²) in [6.07, 6.45) is 7.39. The summed E-state index contributed by atoms with van der Waals surface area (Å²) >= 11 is 0. The van der Waals surface area contributed by atoms with Crippen molar-refractivity contribution in [2.45, 2.75) is 12.8 Å². The van der Waals surface area contributed by atoms with Crippen LogP contribution in [-0.2, 0) is 17.6 Å². The van der Waals surface area contributed by atoms with Gasteiger partial charge in [-0.1, -0.05) is 36.4 Å². The molecule has 0 unspecified atom stereocenters. The number of carbonyl (C=O) groups excluding carboxylic acids is 1. The van der Waals surface area contributed by atoms with Crippen LogP contribution in [0.4, 0.5) is 5.69 Å². The largest absolute Gasteiger partial charge is 0.378 e. The molecule has 1 N–H and O–H groups in total. The molecular weight excluding hydrogens is 400 g/mol. The molecule has 1 aromatic carbocycles. The van der Waals surface area contributed by atoms with E-state index >= 15 is 0 Å². The molecule has 1 amide bonds. The minimum atomic E-state index is -0.1000. The van der Waals surface area contributed by atoms with Gasteiger partial charge < -0.3 is 15.0 Å². The summed E-state index contributed by atoms with van der Waals surface area (Å²) in [4.78, 5) is 24.1. The van der Waals surface area contributed by atoms with Gasteiger partial charge in [0.1, 0.15) is 0 Å². The molecule has 32 heavy (non-hydrogen) atoms. The van der Waals surface area contributed by atoms with Crippen LogP contribution in [0.5, 0.6) is 0 Å². The summed E-state index contributed by atoms with van der Waals surface area (Å²) < 4.78 is 5.47. The molecule has 0 spiro atoms. The fraction of sp³-hybridized carbons (Fsp3) is 0.269. The molecule has 1 aliphatic heterocycles. The van der Waals surface area contributed by atoms with Crippen molar-refractivity contribution in [2.24, 2.45) is 0 Å². The predicted octanol–water partition coefficient (Wildman–Crippen LogP) is 3.27. The topological polar surface area (TPSA) is 67.4 Å². The fourth-order valence-electron chi connectivity index (χ4n) is 4.18. The van der Waals surface area contributed by atoms with E-state index in [0.717, 1.165) is 67.4 Å². The van der Waals surface area contributed by atoms with E-state index in [-0.39, 0.29) is 5.91 Å². The Hall–Kier alpha value is -3.51. The molecule has 0 atom stereocenters. The van der Waals surface area contributed by atoms with Crippen molar-refractivity contribution in [1.82, 2.24) is 15.3 Å². The Bertz CT molecular complexity index is 1120. The number of ether oxygens (including phenoxy) is 1. The molecule has 1 aliphatic carbocycles. The zero-order valence-corrected chi connectivity index (χ0v) is 18.0. The van der Waals surface area contributed by atoms with Crippen LogP contribution in [0.1, 0.15) is 32.9 Å². The minimum absolute atomic E-state index is 0.1000. The van der Waals surface area contributed by atoms with E-state index in [1.165, 1.54) is 5.56 Å². The lowest BCUT2D eigenvalue weighted by molar-refractivity contribution is 0.0953. The molecule has 0 saturated carbocycles. The van der Waals surface area contributed by atoms with Crippen LogP contribution in [0, 0.1) is 0 Å². The standard InChI is InChI=1S/C26H26N4O2/c31-26(27-11-10-19-4-2-1-3-5-19)20-6-8-24(28-17-20)22-7-9-25-23(22)16-21(18-29-25)30-12-14-32-15-13-30/h1-8,16-18H,9-15H2,(H,27,31). The van der Waals surface area contributed by atoms with Crippen molar-refractivity contribution in [1.29, 1.82) is 0 Å². The number of amides is 1. The third-order valence-electron chi connectivity index (χ3n) is 5.97. The zero-order chi connectivity index (χ0) is 21.8. The van der Waals surface area contributed by atoms with Crippen LogP contribution in [0.2, 0.25) is 0 Å². The van der Waals surface area contributed by atoms with E-state index in [1.807, 2.05) is 36.5 Å². The van der Waals surface area contributed by atoms with Crippen molar-refractivity contribution in [3.8, 4) is 0 Å². The Morgan fingerprint density at radius 2 is 1.88 bits per heavy atom. The maximum Gasteiger partial charge on any atom is 0.252 e. The number of rotatable bonds is 6. The Kier molecular flexibility index (Phi) is 5.94. The Morgan fingerprint density at radius 1 is 1.03 bits per heavy atom. The highest BCUT2D eigenvalue weighted by atomic mass is 16.5. The SMILES string of the molecule is O=C(NCCc1ccccc1)c1ccc(C2=CCc3ncc(N4CCOCC4)cc32)nc1. The number of allylic oxidation sites excluding steroid dienone is 1. The van der Waals surface area contributed by atoms with Gasteiger partial charge in [0, 0.05) is 43.4 Å². The Morgan fingerprint density at radius 3 is 2.66 bits per heavy atom. The highest BCUT2D eigenvalue weighted by molar-refractivity contribution is 5.94. The molecular formula is C26H26N4O2. The van der Waals surface area contributed by atoms with Crippen LogP contribution in [-0.4, -0.2) is 48.7 Å². The van der Waals surface area contributed by atoms with Crippen LogP contribution in [0.15, 0.2) is 67.0 Å². The molecule has 6 heteroatoms. The van der Waals surface area contributed by atoms with Gasteiger partial charge in [-0.05, 0) is 30.2 Å². The third kappa shape index (κ3) is 4.41. The maximum absolute atomic E-state index is 12.5. The highest BCUT2D eigenvalue weighted by Crippen LogP contribution is 2.33. The van der Waals surface area contributed by atoms with Gasteiger partial charge in [-0.15, -0.1) is 0 Å². The molecule has 3 heterocycles. The predicted molar refractivity (Wildman–Crippen MR) is 125 cm³/mol. The first-order valence-corrected chi connectivity index (χ1v) is 11.1. The number of nitrogens with one attached hydrogen (secondary N) is 1. The van der Waals surface area contributed by atoms with Crippen LogP contribution >= 0.6 is 0 Å². The number of carbonyl (C=O) groups is 1. The summed E-state index contributed by atoms with van der Waals surface area (Å²) in [6, 6.07) is 16.1. The van der Waals surface area contributed by atoms with E-state index in [9.17, 15) is 4.79 Å². The summed E-state index contributed by atoms with van der Waals surface area (Å²) in [7, 11) is 0. The Labute approximate surface area is 188 Å². The fourth-order valence-corrected chi connectivity index (χ4v) is 4.18. The number of benzene rings is 1. The summed E-state index contributed by atoms with van der Waals surface area (Å²) in [6.45, 7) is 3.85. The van der Waals surface area contributed by atoms with Gasteiger partial charge in [0.15, 0.2) is 0 Å². The first kappa shape index (κ1) is 20.4. The number of morpholine rings is 1. The van der Waals surface area contributed by atoms with Crippen molar-refractivity contribution >= 4 is 17.2 Å². The van der Waals surface area contributed by atoms with Crippen molar-refractivity contribution in [3.05, 3.63) is 95.1 Å². The molecule has 0 bridgehead atoms. The molecule has 5 rings (SSSR count). The van der Waals surface area contributed by atoms with Gasteiger partial charge in [0.25, 0.3) is 5.91 Å². The normalized spacial score (nSPS) is 15.2.